The summed E-state index contributed by atoms with van der Waals surface area (Å²) >= 11 is 5.20. The molecule has 0 N–H and O–H groups in total. The van der Waals surface area contributed by atoms with Crippen molar-refractivity contribution in [2.45, 2.75) is 18.7 Å². The van der Waals surface area contributed by atoms with Crippen molar-refractivity contribution in [3.05, 3.63) is 90.6 Å². The largest absolute Gasteiger partial charge is 0.464 e. The molecule has 0 bridgehead atoms. The van der Waals surface area contributed by atoms with Gasteiger partial charge in [-0.25, -0.2) is 5.01 Å². The van der Waals surface area contributed by atoms with Gasteiger partial charge < -0.3 is 4.74 Å². The maximum Gasteiger partial charge on any atom is 0.269 e. The zero-order chi connectivity index (χ0) is 19.3. The van der Waals surface area contributed by atoms with Gasteiger partial charge in [0.2, 0.25) is 6.23 Å². The zero-order valence-electron chi connectivity index (χ0n) is 14.5. The first-order valence-electron chi connectivity index (χ1n) is 8.70. The number of fused-ring (bicyclic) bond motifs is 3. The molecular weight excluding hydrogens is 442 g/mol. The first-order chi connectivity index (χ1) is 13.6. The Kier molecular flexibility index (Phi) is 4.17. The second-order valence-electron chi connectivity index (χ2n) is 6.63. The van der Waals surface area contributed by atoms with Gasteiger partial charge in [-0.05, 0) is 29.6 Å². The van der Waals surface area contributed by atoms with Gasteiger partial charge in [-0.3, -0.25) is 10.1 Å². The highest BCUT2D eigenvalue weighted by Gasteiger charge is 2.41. The Labute approximate surface area is 173 Å². The topological polar surface area (TPSA) is 68.0 Å². The standard InChI is InChI=1S/C20H14BrN3O3S/c21-13-6-7-18-15(10-13)17-11-16(19-5-2-8-28-19)22-23(17)20(27-18)12-3-1-4-14(9-12)24(25)26/h1-10,17,20H,11H2/t17-,20-/m0/s1. The second kappa shape index (κ2) is 6.72. The van der Waals surface area contributed by atoms with Gasteiger partial charge in [0, 0.05) is 34.2 Å². The molecule has 2 aromatic carbocycles. The summed E-state index contributed by atoms with van der Waals surface area (Å²) in [6, 6.07) is 16.6. The third-order valence-electron chi connectivity index (χ3n) is 4.92. The molecule has 0 fully saturated rings. The van der Waals surface area contributed by atoms with Crippen LogP contribution in [0.5, 0.6) is 5.75 Å². The molecule has 1 aromatic heterocycles. The highest BCUT2D eigenvalue weighted by Crippen LogP contribution is 2.48. The van der Waals surface area contributed by atoms with Crippen molar-refractivity contribution in [2.75, 3.05) is 0 Å². The Morgan fingerprint density at radius 1 is 1.21 bits per heavy atom. The van der Waals surface area contributed by atoms with Crippen molar-refractivity contribution in [3.63, 3.8) is 0 Å². The average molecular weight is 456 g/mol. The van der Waals surface area contributed by atoms with Crippen LogP contribution in [0.4, 0.5) is 5.69 Å². The van der Waals surface area contributed by atoms with Crippen LogP contribution in [0.25, 0.3) is 0 Å². The van der Waals surface area contributed by atoms with Crippen LogP contribution in [0.1, 0.15) is 34.7 Å². The number of nitro groups is 1. The Balaban J connectivity index is 1.62. The molecule has 0 saturated heterocycles. The van der Waals surface area contributed by atoms with Crippen molar-refractivity contribution < 1.29 is 9.66 Å². The van der Waals surface area contributed by atoms with Gasteiger partial charge in [0.25, 0.3) is 5.69 Å². The van der Waals surface area contributed by atoms with Gasteiger partial charge in [-0.15, -0.1) is 11.3 Å². The van der Waals surface area contributed by atoms with E-state index < -0.39 is 6.23 Å². The summed E-state index contributed by atoms with van der Waals surface area (Å²) < 4.78 is 7.25. The summed E-state index contributed by atoms with van der Waals surface area (Å²) in [5.41, 5.74) is 2.82. The number of hydrogen-bond acceptors (Lipinski definition) is 6. The fraction of sp³-hybridized carbons (Fsp3) is 0.150. The van der Waals surface area contributed by atoms with Crippen LogP contribution in [0, 0.1) is 10.1 Å². The molecule has 3 heterocycles. The first kappa shape index (κ1) is 17.4. The maximum atomic E-state index is 11.2. The third-order valence-corrected chi connectivity index (χ3v) is 6.34. The number of rotatable bonds is 3. The van der Waals surface area contributed by atoms with Crippen LogP contribution < -0.4 is 4.74 Å². The van der Waals surface area contributed by atoms with E-state index >= 15 is 0 Å². The molecule has 140 valence electrons. The molecule has 0 saturated carbocycles. The number of halogens is 1. The quantitative estimate of drug-likeness (QED) is 0.377. The van der Waals surface area contributed by atoms with E-state index in [1.807, 2.05) is 34.7 Å². The summed E-state index contributed by atoms with van der Waals surface area (Å²) in [6.45, 7) is 0. The number of thiophene rings is 1. The fourth-order valence-corrected chi connectivity index (χ4v) is 4.76. The van der Waals surface area contributed by atoms with Crippen LogP contribution in [0.2, 0.25) is 0 Å². The van der Waals surface area contributed by atoms with Crippen LogP contribution >= 0.6 is 27.3 Å². The molecule has 0 spiro atoms. The van der Waals surface area contributed by atoms with E-state index in [1.54, 1.807) is 23.5 Å². The first-order valence-corrected chi connectivity index (χ1v) is 10.4. The molecule has 8 heteroatoms. The van der Waals surface area contributed by atoms with Gasteiger partial charge in [0.1, 0.15) is 5.75 Å². The van der Waals surface area contributed by atoms with Crippen molar-refractivity contribution in [3.8, 4) is 5.75 Å². The maximum absolute atomic E-state index is 11.2. The van der Waals surface area contributed by atoms with E-state index in [0.717, 1.165) is 32.8 Å². The highest BCUT2D eigenvalue weighted by atomic mass is 79.9. The number of nitro benzene ring substituents is 1. The zero-order valence-corrected chi connectivity index (χ0v) is 16.9. The summed E-state index contributed by atoms with van der Waals surface area (Å²) in [5.74, 6) is 0.781. The molecule has 2 aliphatic rings. The summed E-state index contributed by atoms with van der Waals surface area (Å²) in [4.78, 5) is 12.0. The molecule has 5 rings (SSSR count). The molecule has 2 aliphatic heterocycles. The Bertz CT molecular complexity index is 1100. The summed E-state index contributed by atoms with van der Waals surface area (Å²) in [6.07, 6.45) is 0.245. The highest BCUT2D eigenvalue weighted by molar-refractivity contribution is 9.10. The molecule has 6 nitrogen and oxygen atoms in total. The van der Waals surface area contributed by atoms with E-state index in [9.17, 15) is 10.1 Å². The molecule has 0 unspecified atom stereocenters. The number of ether oxygens (including phenoxy) is 1. The number of benzene rings is 2. The van der Waals surface area contributed by atoms with E-state index in [2.05, 4.69) is 28.1 Å². The smallest absolute Gasteiger partial charge is 0.269 e. The Morgan fingerprint density at radius 3 is 2.89 bits per heavy atom. The van der Waals surface area contributed by atoms with Crippen LogP contribution in [-0.2, 0) is 0 Å². The average Bonchev–Trinajstić information content (AvgIpc) is 3.37. The Hall–Kier alpha value is -2.71. The predicted octanol–water partition coefficient (Wildman–Crippen LogP) is 5.66. The number of nitrogens with zero attached hydrogens (tertiary/aromatic N) is 3. The van der Waals surface area contributed by atoms with E-state index in [-0.39, 0.29) is 16.7 Å². The molecule has 0 aliphatic carbocycles. The minimum Gasteiger partial charge on any atom is -0.464 e. The van der Waals surface area contributed by atoms with Crippen molar-refractivity contribution >= 4 is 38.7 Å². The van der Waals surface area contributed by atoms with Crippen molar-refractivity contribution in [2.24, 2.45) is 5.10 Å². The minimum atomic E-state index is -0.518. The van der Waals surface area contributed by atoms with E-state index in [4.69, 9.17) is 9.84 Å². The van der Waals surface area contributed by atoms with Gasteiger partial charge in [0.05, 0.1) is 21.6 Å². The number of hydrogen-bond donors (Lipinski definition) is 0. The molecule has 0 radical (unpaired) electrons. The van der Waals surface area contributed by atoms with E-state index in [0.29, 0.717) is 5.56 Å². The summed E-state index contributed by atoms with van der Waals surface area (Å²) in [7, 11) is 0. The second-order valence-corrected chi connectivity index (χ2v) is 8.49. The van der Waals surface area contributed by atoms with E-state index in [1.165, 1.54) is 6.07 Å². The lowest BCUT2D eigenvalue weighted by Gasteiger charge is -2.38. The van der Waals surface area contributed by atoms with Gasteiger partial charge >= 0.3 is 0 Å². The third kappa shape index (κ3) is 2.89. The van der Waals surface area contributed by atoms with Gasteiger partial charge in [0.15, 0.2) is 0 Å². The molecular formula is C20H14BrN3O3S. The van der Waals surface area contributed by atoms with Crippen LogP contribution in [0.15, 0.2) is 69.6 Å². The molecule has 2 atom stereocenters. The molecule has 0 amide bonds. The van der Waals surface area contributed by atoms with Crippen molar-refractivity contribution in [1.29, 1.82) is 0 Å². The van der Waals surface area contributed by atoms with Crippen molar-refractivity contribution in [1.82, 2.24) is 5.01 Å². The minimum absolute atomic E-state index is 0.0163. The van der Waals surface area contributed by atoms with Gasteiger partial charge in [-0.2, -0.15) is 5.10 Å². The lowest BCUT2D eigenvalue weighted by atomic mass is 9.97. The number of hydrazone groups is 1. The fourth-order valence-electron chi connectivity index (χ4n) is 3.66. The van der Waals surface area contributed by atoms with Crippen LogP contribution in [0.3, 0.4) is 0 Å². The number of non-ortho nitro benzene ring substituents is 1. The molecule has 28 heavy (non-hydrogen) atoms. The monoisotopic (exact) mass is 455 g/mol. The Morgan fingerprint density at radius 2 is 2.11 bits per heavy atom. The van der Waals surface area contributed by atoms with Gasteiger partial charge in [-0.1, -0.05) is 34.1 Å². The lowest BCUT2D eigenvalue weighted by Crippen LogP contribution is -2.33. The predicted molar refractivity (Wildman–Crippen MR) is 111 cm³/mol. The summed E-state index contributed by atoms with van der Waals surface area (Å²) in [5, 5.41) is 20.1. The normalized spacial score (nSPS) is 20.2. The lowest BCUT2D eigenvalue weighted by molar-refractivity contribution is -0.385. The van der Waals surface area contributed by atoms with Crippen LogP contribution in [-0.4, -0.2) is 15.6 Å². The SMILES string of the molecule is O=[N+]([O-])c1cccc([C@@H]2Oc3ccc(Br)cc3[C@@H]3CC(c4cccs4)=NN32)c1. The molecule has 3 aromatic rings.